The summed E-state index contributed by atoms with van der Waals surface area (Å²) in [6.07, 6.45) is 0.742. The molecule has 1 unspecified atom stereocenters. The second-order valence-corrected chi connectivity index (χ2v) is 5.69. The molecular weight excluding hydrogens is 202 g/mol. The number of hydrogen-bond acceptors (Lipinski definition) is 4. The van der Waals surface area contributed by atoms with Gasteiger partial charge in [-0.05, 0) is 20.4 Å². The zero-order valence-corrected chi connectivity index (χ0v) is 10.1. The summed E-state index contributed by atoms with van der Waals surface area (Å²) in [5.41, 5.74) is 0. The molecule has 0 aromatic heterocycles. The van der Waals surface area contributed by atoms with Crippen molar-refractivity contribution in [2.45, 2.75) is 26.4 Å². The van der Waals surface area contributed by atoms with Crippen LogP contribution in [0.15, 0.2) is 0 Å². The average molecular weight is 223 g/mol. The van der Waals surface area contributed by atoms with E-state index in [1.165, 1.54) is 0 Å². The maximum absolute atomic E-state index is 11.3. The lowest BCUT2D eigenvalue weighted by atomic mass is 10.4. The number of rotatable bonds is 8. The lowest BCUT2D eigenvalue weighted by molar-refractivity contribution is 0.0789. The first kappa shape index (κ1) is 13.9. The van der Waals surface area contributed by atoms with Gasteiger partial charge in [-0.3, -0.25) is 0 Å². The molecule has 0 aliphatic heterocycles. The summed E-state index contributed by atoms with van der Waals surface area (Å²) in [4.78, 5) is 0. The molecule has 0 heterocycles. The van der Waals surface area contributed by atoms with Crippen LogP contribution in [-0.2, 0) is 14.6 Å². The van der Waals surface area contributed by atoms with Crippen molar-refractivity contribution in [1.82, 2.24) is 5.32 Å². The highest BCUT2D eigenvalue weighted by Crippen LogP contribution is 1.96. The van der Waals surface area contributed by atoms with Crippen LogP contribution >= 0.6 is 0 Å². The summed E-state index contributed by atoms with van der Waals surface area (Å²) < 4.78 is 27.9. The largest absolute Gasteiger partial charge is 0.376 e. The van der Waals surface area contributed by atoms with E-state index in [4.69, 9.17) is 4.74 Å². The fourth-order valence-corrected chi connectivity index (χ4v) is 2.31. The molecule has 0 radical (unpaired) electrons. The Morgan fingerprint density at radius 1 is 1.36 bits per heavy atom. The summed E-state index contributed by atoms with van der Waals surface area (Å²) in [5, 5.41) is 2.97. The van der Waals surface area contributed by atoms with E-state index < -0.39 is 9.84 Å². The third kappa shape index (κ3) is 7.29. The fraction of sp³-hybridized carbons (Fsp3) is 1.00. The molecule has 0 fully saturated rings. The monoisotopic (exact) mass is 223 g/mol. The van der Waals surface area contributed by atoms with E-state index in [0.29, 0.717) is 13.0 Å². The van der Waals surface area contributed by atoms with Crippen molar-refractivity contribution in [3.8, 4) is 0 Å². The molecular formula is C9H21NO3S. The predicted molar refractivity (Wildman–Crippen MR) is 58.3 cm³/mol. The number of likely N-dealkylation sites (N-methyl/N-ethyl adjacent to an activating group) is 1. The van der Waals surface area contributed by atoms with Gasteiger partial charge in [0.1, 0.15) is 0 Å². The maximum Gasteiger partial charge on any atom is 0.152 e. The molecule has 0 saturated heterocycles. The second kappa shape index (κ2) is 7.20. The minimum Gasteiger partial charge on any atom is -0.376 e. The molecule has 0 spiro atoms. The summed E-state index contributed by atoms with van der Waals surface area (Å²) in [7, 11) is -1.05. The van der Waals surface area contributed by atoms with Crippen molar-refractivity contribution in [3.05, 3.63) is 0 Å². The molecule has 0 amide bonds. The standard InChI is InChI=1S/C9H21NO3S/c1-4-6-14(11,12)7-5-13-9(2)8-10-3/h9-10H,4-8H2,1-3H3. The van der Waals surface area contributed by atoms with Gasteiger partial charge in [0.25, 0.3) is 0 Å². The van der Waals surface area contributed by atoms with Crippen molar-refractivity contribution in [2.24, 2.45) is 0 Å². The Balaban J connectivity index is 3.63. The summed E-state index contributed by atoms with van der Waals surface area (Å²) in [5.74, 6) is 0.395. The van der Waals surface area contributed by atoms with E-state index in [9.17, 15) is 8.42 Å². The van der Waals surface area contributed by atoms with Crippen LogP contribution in [0.1, 0.15) is 20.3 Å². The van der Waals surface area contributed by atoms with E-state index >= 15 is 0 Å². The Morgan fingerprint density at radius 3 is 2.50 bits per heavy atom. The Hall–Kier alpha value is -0.130. The molecule has 0 bridgehead atoms. The number of ether oxygens (including phenoxy) is 1. The van der Waals surface area contributed by atoms with Crippen molar-refractivity contribution in [1.29, 1.82) is 0 Å². The van der Waals surface area contributed by atoms with Gasteiger partial charge in [-0.2, -0.15) is 0 Å². The van der Waals surface area contributed by atoms with E-state index in [0.717, 1.165) is 6.54 Å². The number of hydrogen-bond donors (Lipinski definition) is 1. The van der Waals surface area contributed by atoms with Crippen LogP contribution < -0.4 is 5.32 Å². The van der Waals surface area contributed by atoms with Crippen molar-refractivity contribution >= 4 is 9.84 Å². The van der Waals surface area contributed by atoms with Crippen molar-refractivity contribution in [2.75, 3.05) is 31.7 Å². The zero-order valence-electron chi connectivity index (χ0n) is 9.25. The van der Waals surface area contributed by atoms with E-state index in [2.05, 4.69) is 5.32 Å². The quantitative estimate of drug-likeness (QED) is 0.648. The fourth-order valence-electron chi connectivity index (χ4n) is 1.14. The SMILES string of the molecule is CCCS(=O)(=O)CCOC(C)CNC. The highest BCUT2D eigenvalue weighted by atomic mass is 32.2. The van der Waals surface area contributed by atoms with Gasteiger partial charge in [-0.1, -0.05) is 6.92 Å². The third-order valence-electron chi connectivity index (χ3n) is 1.80. The van der Waals surface area contributed by atoms with Crippen LogP contribution in [-0.4, -0.2) is 46.2 Å². The van der Waals surface area contributed by atoms with E-state index in [-0.39, 0.29) is 17.6 Å². The van der Waals surface area contributed by atoms with Gasteiger partial charge in [-0.15, -0.1) is 0 Å². The number of sulfone groups is 1. The van der Waals surface area contributed by atoms with Gasteiger partial charge in [0.05, 0.1) is 18.5 Å². The normalized spacial score (nSPS) is 14.2. The Morgan fingerprint density at radius 2 is 2.00 bits per heavy atom. The highest BCUT2D eigenvalue weighted by Gasteiger charge is 2.09. The molecule has 0 aromatic carbocycles. The van der Waals surface area contributed by atoms with Gasteiger partial charge in [0.2, 0.25) is 0 Å². The van der Waals surface area contributed by atoms with Crippen LogP contribution in [0.3, 0.4) is 0 Å². The molecule has 0 aliphatic carbocycles. The van der Waals surface area contributed by atoms with Crippen LogP contribution in [0.4, 0.5) is 0 Å². The van der Waals surface area contributed by atoms with Gasteiger partial charge in [0.15, 0.2) is 9.84 Å². The molecule has 0 aliphatic rings. The van der Waals surface area contributed by atoms with Crippen LogP contribution in [0.25, 0.3) is 0 Å². The zero-order chi connectivity index (χ0) is 11.0. The molecule has 1 N–H and O–H groups in total. The number of nitrogens with one attached hydrogen (secondary N) is 1. The molecule has 0 rings (SSSR count). The molecule has 1 atom stereocenters. The molecule has 14 heavy (non-hydrogen) atoms. The van der Waals surface area contributed by atoms with Crippen LogP contribution in [0.5, 0.6) is 0 Å². The molecule has 5 heteroatoms. The van der Waals surface area contributed by atoms with E-state index in [1.807, 2.05) is 20.9 Å². The van der Waals surface area contributed by atoms with Gasteiger partial charge < -0.3 is 10.1 Å². The minimum atomic E-state index is -2.89. The third-order valence-corrected chi connectivity index (χ3v) is 3.62. The van der Waals surface area contributed by atoms with E-state index in [1.54, 1.807) is 0 Å². The lowest BCUT2D eigenvalue weighted by Gasteiger charge is -2.12. The van der Waals surface area contributed by atoms with Gasteiger partial charge in [0, 0.05) is 12.3 Å². The highest BCUT2D eigenvalue weighted by molar-refractivity contribution is 7.91. The first-order chi connectivity index (χ1) is 6.52. The summed E-state index contributed by atoms with van der Waals surface area (Å²) in [6, 6.07) is 0. The molecule has 0 saturated carbocycles. The predicted octanol–water partition coefficient (Wildman–Crippen LogP) is 0.436. The van der Waals surface area contributed by atoms with Crippen molar-refractivity contribution < 1.29 is 13.2 Å². The molecule has 86 valence electrons. The Labute approximate surface area is 86.9 Å². The Kier molecular flexibility index (Phi) is 7.13. The maximum atomic E-state index is 11.3. The first-order valence-electron chi connectivity index (χ1n) is 4.98. The smallest absolute Gasteiger partial charge is 0.152 e. The average Bonchev–Trinajstić information content (AvgIpc) is 2.03. The molecule has 0 aromatic rings. The van der Waals surface area contributed by atoms with Crippen LogP contribution in [0.2, 0.25) is 0 Å². The summed E-state index contributed by atoms with van der Waals surface area (Å²) in [6.45, 7) is 4.82. The van der Waals surface area contributed by atoms with Crippen molar-refractivity contribution in [3.63, 3.8) is 0 Å². The summed E-state index contributed by atoms with van der Waals surface area (Å²) >= 11 is 0. The minimum absolute atomic E-state index is 0.0665. The topological polar surface area (TPSA) is 55.4 Å². The second-order valence-electron chi connectivity index (χ2n) is 3.39. The molecule has 4 nitrogen and oxygen atoms in total. The first-order valence-corrected chi connectivity index (χ1v) is 6.80. The Bertz CT molecular complexity index is 226. The van der Waals surface area contributed by atoms with Gasteiger partial charge >= 0.3 is 0 Å². The van der Waals surface area contributed by atoms with Crippen LogP contribution in [0, 0.1) is 0 Å². The van der Waals surface area contributed by atoms with Gasteiger partial charge in [-0.25, -0.2) is 8.42 Å². The lowest BCUT2D eigenvalue weighted by Crippen LogP contribution is -2.26.